The molecule has 0 spiro atoms. The van der Waals surface area contributed by atoms with Gasteiger partial charge in [-0.25, -0.2) is 0 Å². The molecule has 14 nitrogen and oxygen atoms in total. The molecule has 5 N–H and O–H groups in total. The first-order valence-corrected chi connectivity index (χ1v) is 7.38. The van der Waals surface area contributed by atoms with Gasteiger partial charge in [0.1, 0.15) is 24.9 Å². The number of aliphatic carboxylic acids is 4. The minimum atomic E-state index is -1.86. The molecule has 0 aromatic rings. The van der Waals surface area contributed by atoms with Gasteiger partial charge in [-0.05, 0) is 25.7 Å². The molecule has 164 valence electrons. The van der Waals surface area contributed by atoms with Gasteiger partial charge in [0.05, 0.1) is 6.61 Å². The van der Waals surface area contributed by atoms with Crippen molar-refractivity contribution in [3.63, 3.8) is 0 Å². The van der Waals surface area contributed by atoms with Crippen LogP contribution in [-0.2, 0) is 24.0 Å². The normalized spacial score (nSPS) is 12.3. The van der Waals surface area contributed by atoms with E-state index in [-0.39, 0.29) is 7.43 Å². The Labute approximate surface area is 165 Å². The van der Waals surface area contributed by atoms with E-state index in [2.05, 4.69) is 0 Å². The molecule has 14 heteroatoms. The van der Waals surface area contributed by atoms with E-state index in [0.717, 1.165) is 0 Å². The number of aliphatic hydroxyl groups excluding tert-OH is 5. The van der Waals surface area contributed by atoms with Crippen molar-refractivity contribution in [1.82, 2.24) is 0 Å². The minimum Gasteiger partial charge on any atom is -0.550 e. The third-order valence-corrected chi connectivity index (χ3v) is 2.46. The van der Waals surface area contributed by atoms with Crippen LogP contribution in [-0.4, -0.2) is 86.7 Å². The fourth-order valence-electron chi connectivity index (χ4n) is 1.01. The molecule has 0 aliphatic carbocycles. The molecule has 0 saturated carbocycles. The number of rotatable bonds is 11. The maximum absolute atomic E-state index is 10.5. The molecule has 0 aromatic carbocycles. The Hall–Kier alpha value is -2.65. The van der Waals surface area contributed by atoms with Gasteiger partial charge in [0.15, 0.2) is 5.78 Å². The first-order valence-electron chi connectivity index (χ1n) is 7.38. The summed E-state index contributed by atoms with van der Waals surface area (Å²) in [6, 6.07) is 0. The Kier molecular flexibility index (Phi) is 23.5. The van der Waals surface area contributed by atoms with Crippen LogP contribution < -0.4 is 20.4 Å². The van der Waals surface area contributed by atoms with Gasteiger partial charge in [-0.1, -0.05) is 0 Å². The van der Waals surface area contributed by atoms with Gasteiger partial charge in [-0.15, -0.1) is 0 Å². The van der Waals surface area contributed by atoms with Gasteiger partial charge in [0.2, 0.25) is 0 Å². The summed E-state index contributed by atoms with van der Waals surface area (Å²) in [5.74, 6) is -6.47. The fraction of sp³-hybridized carbons (Fsp3) is 0.600. The van der Waals surface area contributed by atoms with E-state index in [1.165, 1.54) is 0 Å². The van der Waals surface area contributed by atoms with Crippen molar-refractivity contribution in [3.8, 4) is 0 Å². The van der Waals surface area contributed by atoms with E-state index in [1.54, 1.807) is 0 Å². The number of hydrogen-bond acceptors (Lipinski definition) is 14. The maximum atomic E-state index is 10.5. The number of ketones is 1. The smallest absolute Gasteiger partial charge is 0.550 e. The average Bonchev–Trinajstić information content (AvgIpc) is 2.63. The van der Waals surface area contributed by atoms with Crippen molar-refractivity contribution < 1.29 is 69.9 Å². The van der Waals surface area contributed by atoms with Gasteiger partial charge in [-0.2, -0.15) is 0 Å². The molecule has 0 fully saturated rings. The minimum absolute atomic E-state index is 0. The Bertz CT molecular complexity index is 447. The van der Waals surface area contributed by atoms with E-state index in [4.69, 9.17) is 25.5 Å². The Morgan fingerprint density at radius 2 is 0.931 bits per heavy atom. The summed E-state index contributed by atoms with van der Waals surface area (Å²) in [6.07, 6.45) is -7.10. The summed E-state index contributed by atoms with van der Waals surface area (Å²) in [5, 5.41) is 81.1. The third-order valence-electron chi connectivity index (χ3n) is 2.46. The first-order chi connectivity index (χ1) is 12.8. The number of carboxylic acid groups (broad SMARTS) is 4. The number of carboxylic acids is 4. The standard InChI is InChI=1S/C6H12O6.2C4H6O4.C/c7-1-3(9)5(11)6(12)4(10)2-8;2*5-3(6)1-2-4(7)8;/h3,5-9,11-12H,1-2H2;2*1-2H2,(H,5,6)(H,7,8);/q;;;+4/p-4/t3-,5-,6-;;;/m1.../s1. The van der Waals surface area contributed by atoms with Gasteiger partial charge in [0, 0.05) is 23.9 Å². The first kappa shape index (κ1) is 33.9. The van der Waals surface area contributed by atoms with E-state index in [0.29, 0.717) is 0 Å². The van der Waals surface area contributed by atoms with Crippen LogP contribution in [0.2, 0.25) is 0 Å². The second-order valence-electron chi connectivity index (χ2n) is 4.80. The SMILES string of the molecule is O=C(CO)[C@@H](O)[C@H](O)[C@H](O)CO.O=C([O-])CCC(=O)[O-].O=C([O-])CCC(=O)[O-].[C+4]. The molecule has 0 heterocycles. The zero-order valence-corrected chi connectivity index (χ0v) is 14.9. The monoisotopic (exact) mass is 424 g/mol. The van der Waals surface area contributed by atoms with Crippen LogP contribution >= 0.6 is 0 Å². The van der Waals surface area contributed by atoms with Crippen LogP contribution in [0.1, 0.15) is 25.7 Å². The summed E-state index contributed by atoms with van der Waals surface area (Å²) in [6.45, 7) is -1.69. The third kappa shape index (κ3) is 25.3. The van der Waals surface area contributed by atoms with Crippen LogP contribution in [0.25, 0.3) is 0 Å². The van der Waals surface area contributed by atoms with Gasteiger partial charge in [0.25, 0.3) is 0 Å². The molecule has 0 unspecified atom stereocenters. The molecule has 0 amide bonds. The number of Topliss-reactive ketones (excluding diaryl/α,β-unsaturated/α-hetero) is 1. The van der Waals surface area contributed by atoms with Crippen LogP contribution in [0.15, 0.2) is 0 Å². The zero-order valence-electron chi connectivity index (χ0n) is 14.9. The predicted octanol–water partition coefficient (Wildman–Crippen LogP) is -8.76. The second-order valence-corrected chi connectivity index (χ2v) is 4.80. The summed E-state index contributed by atoms with van der Waals surface area (Å²) in [7, 11) is 0. The van der Waals surface area contributed by atoms with Crippen LogP contribution in [0.3, 0.4) is 0 Å². The van der Waals surface area contributed by atoms with Crippen molar-refractivity contribution in [1.29, 1.82) is 0 Å². The number of carbonyl (C=O) groups excluding carboxylic acids is 5. The number of aliphatic hydroxyl groups is 5. The summed E-state index contributed by atoms with van der Waals surface area (Å²) < 4.78 is 0. The Balaban J connectivity index is -0.000000164. The molecule has 0 rings (SSSR count). The Morgan fingerprint density at radius 3 is 1.10 bits per heavy atom. The van der Waals surface area contributed by atoms with E-state index in [9.17, 15) is 44.4 Å². The molecule has 29 heavy (non-hydrogen) atoms. The van der Waals surface area contributed by atoms with Crippen molar-refractivity contribution in [2.45, 2.75) is 44.0 Å². The van der Waals surface area contributed by atoms with Gasteiger partial charge >= 0.3 is 7.43 Å². The van der Waals surface area contributed by atoms with E-state index < -0.39 is 86.9 Å². The second kappa shape index (κ2) is 20.1. The molecule has 0 bridgehead atoms. The van der Waals surface area contributed by atoms with Gasteiger partial charge < -0.3 is 65.1 Å². The number of carbonyl (C=O) groups is 5. The summed E-state index contributed by atoms with van der Waals surface area (Å²) in [5.41, 5.74) is 0. The fourth-order valence-corrected chi connectivity index (χ4v) is 1.01. The molecular weight excluding hydrogens is 404 g/mol. The quantitative estimate of drug-likeness (QED) is 0.206. The van der Waals surface area contributed by atoms with E-state index >= 15 is 0 Å². The average molecular weight is 424 g/mol. The van der Waals surface area contributed by atoms with Gasteiger partial charge in [-0.3, -0.25) is 4.79 Å². The van der Waals surface area contributed by atoms with Crippen LogP contribution in [0.5, 0.6) is 0 Å². The molecule has 0 aliphatic rings. The predicted molar refractivity (Wildman–Crippen MR) is 78.9 cm³/mol. The van der Waals surface area contributed by atoms with Crippen LogP contribution in [0, 0.1) is 7.43 Å². The van der Waals surface area contributed by atoms with Crippen molar-refractivity contribution in [2.24, 2.45) is 0 Å². The van der Waals surface area contributed by atoms with Crippen molar-refractivity contribution in [3.05, 3.63) is 7.43 Å². The zero-order chi connectivity index (χ0) is 22.9. The van der Waals surface area contributed by atoms with Crippen molar-refractivity contribution in [2.75, 3.05) is 13.2 Å². The molecule has 0 radical (unpaired) electrons. The molecule has 0 saturated heterocycles. The number of hydrogen-bond donors (Lipinski definition) is 5. The summed E-state index contributed by atoms with van der Waals surface area (Å²) in [4.78, 5) is 48.5. The van der Waals surface area contributed by atoms with Crippen LogP contribution in [0.4, 0.5) is 0 Å². The molecule has 0 aliphatic heterocycles. The summed E-state index contributed by atoms with van der Waals surface area (Å²) >= 11 is 0. The molecule has 3 atom stereocenters. The largest absolute Gasteiger partial charge is 4.00 e. The topological polar surface area (TPSA) is 279 Å². The van der Waals surface area contributed by atoms with E-state index in [1.807, 2.05) is 0 Å². The maximum Gasteiger partial charge on any atom is 4.00 e. The molecule has 0 aromatic heterocycles. The van der Waals surface area contributed by atoms with Crippen molar-refractivity contribution >= 4 is 29.7 Å². The molecular formula is C15H20O14. The Morgan fingerprint density at radius 1 is 0.655 bits per heavy atom.